The van der Waals surface area contributed by atoms with Crippen LogP contribution in [0.1, 0.15) is 226 Å². The van der Waals surface area contributed by atoms with Crippen molar-refractivity contribution in [1.82, 2.24) is 10.2 Å². The van der Waals surface area contributed by atoms with Gasteiger partial charge in [-0.2, -0.15) is 0 Å². The van der Waals surface area contributed by atoms with E-state index < -0.39 is 12.1 Å². The summed E-state index contributed by atoms with van der Waals surface area (Å²) in [6.45, 7) is 9.31. The predicted octanol–water partition coefficient (Wildman–Crippen LogP) is 11.1. The molecule has 1 fully saturated rings. The van der Waals surface area contributed by atoms with Crippen LogP contribution < -0.4 is 5.32 Å². The molecule has 1 saturated heterocycles. The lowest BCUT2D eigenvalue weighted by atomic mass is 10.0. The summed E-state index contributed by atoms with van der Waals surface area (Å²) >= 11 is 0. The number of esters is 2. The molecular weight excluding hydrogens is 665 g/mol. The zero-order valence-corrected chi connectivity index (χ0v) is 35.1. The number of aliphatic hydroxyl groups excluding tert-OH is 1. The van der Waals surface area contributed by atoms with Crippen molar-refractivity contribution < 1.29 is 29.0 Å². The number of amides is 1. The van der Waals surface area contributed by atoms with E-state index in [9.17, 15) is 19.5 Å². The minimum absolute atomic E-state index is 0.0132. The molecule has 0 aromatic carbocycles. The monoisotopic (exact) mass is 751 g/mol. The minimum atomic E-state index is -0.639. The van der Waals surface area contributed by atoms with Gasteiger partial charge in [-0.25, -0.2) is 4.79 Å². The van der Waals surface area contributed by atoms with Gasteiger partial charge in [0.1, 0.15) is 12.1 Å². The Bertz CT molecular complexity index is 854. The summed E-state index contributed by atoms with van der Waals surface area (Å²) in [4.78, 5) is 40.2. The van der Waals surface area contributed by atoms with E-state index in [0.29, 0.717) is 25.8 Å². The lowest BCUT2D eigenvalue weighted by molar-refractivity contribution is -0.166. The standard InChI is InChI=1S/C45H86N2O6/c1-4-7-10-13-16-17-21-26-34-42-44(50)46-41(45(51)53-42)33-28-30-37-47(38-39-48)36-29-23-18-22-27-35-43(49)52-40(31-24-19-14-11-8-5-2)32-25-20-15-12-9-6-3/h40-42,48H,4-39H2,1-3H3,(H,46,50). The van der Waals surface area contributed by atoms with Gasteiger partial charge in [0.2, 0.25) is 0 Å². The van der Waals surface area contributed by atoms with Crippen molar-refractivity contribution in [2.24, 2.45) is 0 Å². The van der Waals surface area contributed by atoms with Gasteiger partial charge in [0.25, 0.3) is 5.91 Å². The van der Waals surface area contributed by atoms with Crippen molar-refractivity contribution in [1.29, 1.82) is 0 Å². The predicted molar refractivity (Wildman–Crippen MR) is 220 cm³/mol. The third kappa shape index (κ3) is 28.4. The smallest absolute Gasteiger partial charge is 0.329 e. The number of carbonyl (C=O) groups is 3. The Morgan fingerprint density at radius 3 is 1.62 bits per heavy atom. The van der Waals surface area contributed by atoms with Gasteiger partial charge in [-0.15, -0.1) is 0 Å². The number of morpholine rings is 1. The number of rotatable bonds is 39. The van der Waals surface area contributed by atoms with Crippen LogP contribution in [0.15, 0.2) is 0 Å². The Kier molecular flexibility index (Phi) is 33.5. The fraction of sp³-hybridized carbons (Fsp3) is 0.933. The molecule has 8 heteroatoms. The molecule has 2 atom stereocenters. The molecule has 2 unspecified atom stereocenters. The van der Waals surface area contributed by atoms with Crippen LogP contribution in [0.25, 0.3) is 0 Å². The molecule has 0 spiro atoms. The number of hydrogen-bond acceptors (Lipinski definition) is 7. The Morgan fingerprint density at radius 2 is 1.08 bits per heavy atom. The van der Waals surface area contributed by atoms with Gasteiger partial charge in [-0.1, -0.05) is 149 Å². The van der Waals surface area contributed by atoms with Gasteiger partial charge in [-0.05, 0) is 83.7 Å². The number of nitrogens with one attached hydrogen (secondary N) is 1. The van der Waals surface area contributed by atoms with Gasteiger partial charge < -0.3 is 24.8 Å². The molecule has 1 aliphatic rings. The van der Waals surface area contributed by atoms with E-state index in [1.54, 1.807) is 0 Å². The zero-order valence-electron chi connectivity index (χ0n) is 35.1. The first-order chi connectivity index (χ1) is 25.9. The highest BCUT2D eigenvalue weighted by atomic mass is 16.6. The third-order valence-corrected chi connectivity index (χ3v) is 11.0. The Labute approximate surface area is 327 Å². The molecule has 0 aromatic heterocycles. The van der Waals surface area contributed by atoms with E-state index in [2.05, 4.69) is 31.0 Å². The molecule has 0 radical (unpaired) electrons. The van der Waals surface area contributed by atoms with E-state index in [1.165, 1.54) is 103 Å². The van der Waals surface area contributed by atoms with Crippen LogP contribution in [0.2, 0.25) is 0 Å². The number of nitrogens with zero attached hydrogens (tertiary/aromatic N) is 1. The molecule has 8 nitrogen and oxygen atoms in total. The molecule has 0 saturated carbocycles. The van der Waals surface area contributed by atoms with Crippen molar-refractivity contribution in [3.63, 3.8) is 0 Å². The van der Waals surface area contributed by atoms with E-state index in [0.717, 1.165) is 96.6 Å². The van der Waals surface area contributed by atoms with Crippen LogP contribution in [-0.4, -0.2) is 72.3 Å². The molecule has 2 N–H and O–H groups in total. The van der Waals surface area contributed by atoms with Crippen molar-refractivity contribution in [2.45, 2.75) is 244 Å². The second-order valence-corrected chi connectivity index (χ2v) is 16.1. The summed E-state index contributed by atoms with van der Waals surface area (Å²) in [6.07, 6.45) is 34.9. The van der Waals surface area contributed by atoms with E-state index in [1.807, 2.05) is 0 Å². The van der Waals surface area contributed by atoms with Gasteiger partial charge in [0.05, 0.1) is 6.61 Å². The number of aliphatic hydroxyl groups is 1. The van der Waals surface area contributed by atoms with Crippen LogP contribution in [0, 0.1) is 0 Å². The average molecular weight is 751 g/mol. The summed E-state index contributed by atoms with van der Waals surface area (Å²) in [5.74, 6) is -0.455. The molecule has 0 aromatic rings. The maximum absolute atomic E-state index is 12.7. The number of ether oxygens (including phenoxy) is 2. The fourth-order valence-corrected chi connectivity index (χ4v) is 7.55. The van der Waals surface area contributed by atoms with E-state index >= 15 is 0 Å². The van der Waals surface area contributed by atoms with E-state index in [4.69, 9.17) is 9.47 Å². The lowest BCUT2D eigenvalue weighted by Gasteiger charge is -2.29. The number of cyclic esters (lactones) is 1. The van der Waals surface area contributed by atoms with Crippen molar-refractivity contribution >= 4 is 17.8 Å². The van der Waals surface area contributed by atoms with Crippen molar-refractivity contribution in [2.75, 3.05) is 26.2 Å². The highest BCUT2D eigenvalue weighted by Crippen LogP contribution is 2.20. The van der Waals surface area contributed by atoms with E-state index in [-0.39, 0.29) is 30.6 Å². The van der Waals surface area contributed by atoms with Crippen LogP contribution in [-0.2, 0) is 23.9 Å². The van der Waals surface area contributed by atoms with Gasteiger partial charge in [0, 0.05) is 13.0 Å². The topological polar surface area (TPSA) is 105 Å². The van der Waals surface area contributed by atoms with Crippen LogP contribution >= 0.6 is 0 Å². The molecule has 1 rings (SSSR count). The maximum Gasteiger partial charge on any atom is 0.329 e. The normalized spacial score (nSPS) is 16.0. The Balaban J connectivity index is 2.20. The van der Waals surface area contributed by atoms with Crippen molar-refractivity contribution in [3.8, 4) is 0 Å². The molecule has 1 aliphatic heterocycles. The Morgan fingerprint density at radius 1 is 0.623 bits per heavy atom. The summed E-state index contributed by atoms with van der Waals surface area (Å²) in [7, 11) is 0. The highest BCUT2D eigenvalue weighted by Gasteiger charge is 2.35. The molecule has 1 amide bonds. The molecule has 312 valence electrons. The quantitative estimate of drug-likeness (QED) is 0.0476. The molecule has 0 aliphatic carbocycles. The summed E-state index contributed by atoms with van der Waals surface area (Å²) in [5, 5.41) is 12.5. The molecule has 1 heterocycles. The highest BCUT2D eigenvalue weighted by molar-refractivity contribution is 5.92. The van der Waals surface area contributed by atoms with Crippen LogP contribution in [0.4, 0.5) is 0 Å². The molecular formula is C45H86N2O6. The van der Waals surface area contributed by atoms with Gasteiger partial charge in [0.15, 0.2) is 6.10 Å². The first-order valence-electron chi connectivity index (χ1n) is 23.0. The summed E-state index contributed by atoms with van der Waals surface area (Å²) < 4.78 is 11.6. The number of hydrogen-bond donors (Lipinski definition) is 2. The summed E-state index contributed by atoms with van der Waals surface area (Å²) in [6, 6.07) is -0.549. The fourth-order valence-electron chi connectivity index (χ4n) is 7.55. The number of unbranched alkanes of at least 4 members (excludes halogenated alkanes) is 22. The SMILES string of the molecule is CCCCCCCCCCC1OC(=O)C(CCCCN(CCO)CCCCCCCC(=O)OC(CCCCCCCC)CCCCCCCC)NC1=O. The first-order valence-corrected chi connectivity index (χ1v) is 23.0. The van der Waals surface area contributed by atoms with Crippen LogP contribution in [0.3, 0.4) is 0 Å². The summed E-state index contributed by atoms with van der Waals surface area (Å²) in [5.41, 5.74) is 0. The lowest BCUT2D eigenvalue weighted by Crippen LogP contribution is -2.53. The largest absolute Gasteiger partial charge is 0.462 e. The second kappa shape index (κ2) is 36.0. The minimum Gasteiger partial charge on any atom is -0.462 e. The third-order valence-electron chi connectivity index (χ3n) is 11.0. The number of carbonyl (C=O) groups excluding carboxylic acids is 3. The average Bonchev–Trinajstić information content (AvgIpc) is 3.14. The molecule has 53 heavy (non-hydrogen) atoms. The van der Waals surface area contributed by atoms with Crippen LogP contribution in [0.5, 0.6) is 0 Å². The maximum atomic E-state index is 12.7. The zero-order chi connectivity index (χ0) is 38.6. The van der Waals surface area contributed by atoms with Crippen molar-refractivity contribution in [3.05, 3.63) is 0 Å². The molecule has 0 bridgehead atoms. The second-order valence-electron chi connectivity index (χ2n) is 16.1. The van der Waals surface area contributed by atoms with Gasteiger partial charge in [-0.3, -0.25) is 9.59 Å². The first kappa shape index (κ1) is 49.3. The van der Waals surface area contributed by atoms with Gasteiger partial charge >= 0.3 is 11.9 Å². The Hall–Kier alpha value is -1.67.